The summed E-state index contributed by atoms with van der Waals surface area (Å²) in [5.74, 6) is 0. The molecule has 0 aliphatic heterocycles. The first kappa shape index (κ1) is 8.21. The Kier molecular flexibility index (Phi) is 3.13. The zero-order valence-electron chi connectivity index (χ0n) is 3.66. The van der Waals surface area contributed by atoms with Gasteiger partial charge >= 0.3 is 0 Å². The highest BCUT2D eigenvalue weighted by atomic mass is 79.9. The minimum absolute atomic E-state index is 0.340. The van der Waals surface area contributed by atoms with Gasteiger partial charge in [0.2, 0.25) is 0 Å². The Morgan fingerprint density at radius 3 is 1.86 bits per heavy atom. The molecule has 4 heteroatoms. The second-order valence-electron chi connectivity index (χ2n) is 1.20. The molecule has 7 heavy (non-hydrogen) atoms. The Morgan fingerprint density at radius 1 is 1.71 bits per heavy atom. The van der Waals surface area contributed by atoms with Crippen LogP contribution in [0.2, 0.25) is 0 Å². The number of rotatable bonds is 1. The lowest BCUT2D eigenvalue weighted by atomic mass is 10.5. The second kappa shape index (κ2) is 2.67. The molecule has 0 spiro atoms. The Morgan fingerprint density at radius 2 is 1.86 bits per heavy atom. The molecule has 0 fully saturated rings. The van der Waals surface area contributed by atoms with Crippen LogP contribution in [0, 0.1) is 0 Å². The number of aliphatic hydroxyl groups is 1. The minimum Gasteiger partial charge on any atom is -0.368 e. The highest BCUT2D eigenvalue weighted by Crippen LogP contribution is 2.29. The molecule has 0 aromatic rings. The number of hydrogen-bond donors (Lipinski definition) is 1. The maximum absolute atomic E-state index is 8.80. The Bertz CT molecular complexity index is 58.4. The van der Waals surface area contributed by atoms with E-state index >= 15 is 0 Å². The minimum atomic E-state index is -1.11. The van der Waals surface area contributed by atoms with Gasteiger partial charge in [-0.15, -0.1) is 11.6 Å². The van der Waals surface area contributed by atoms with Crippen molar-refractivity contribution in [1.82, 2.24) is 0 Å². The molecule has 0 saturated heterocycles. The third kappa shape index (κ3) is 3.76. The molecule has 0 aromatic heterocycles. The molecule has 1 nitrogen and oxygen atoms in total. The molecule has 0 aliphatic carbocycles. The maximum atomic E-state index is 8.80. The first-order chi connectivity index (χ1) is 2.94. The van der Waals surface area contributed by atoms with E-state index in [0.717, 1.165) is 0 Å². The van der Waals surface area contributed by atoms with E-state index < -0.39 is 3.42 Å². The van der Waals surface area contributed by atoms with Crippen LogP contribution < -0.4 is 0 Å². The largest absolute Gasteiger partial charge is 0.368 e. The van der Waals surface area contributed by atoms with Gasteiger partial charge in [0.25, 0.3) is 0 Å². The molecule has 0 aromatic carbocycles. The average molecular weight is 252 g/mol. The van der Waals surface area contributed by atoms with Gasteiger partial charge in [-0.1, -0.05) is 0 Å². The lowest BCUT2D eigenvalue weighted by Crippen LogP contribution is -2.20. The van der Waals surface area contributed by atoms with Crippen molar-refractivity contribution in [3.63, 3.8) is 0 Å². The topological polar surface area (TPSA) is 20.2 Å². The molecule has 1 unspecified atom stereocenters. The van der Waals surface area contributed by atoms with Crippen molar-refractivity contribution < 1.29 is 5.11 Å². The molecule has 44 valence electrons. The van der Waals surface area contributed by atoms with Crippen molar-refractivity contribution in [3.8, 4) is 0 Å². The van der Waals surface area contributed by atoms with E-state index in [1.165, 1.54) is 0 Å². The standard InChI is InChI=1S/C3H5Br2ClO/c1-2(6)3(4,5)7/h2,7H,1H3. The summed E-state index contributed by atoms with van der Waals surface area (Å²) in [6.45, 7) is 1.67. The number of halogens is 3. The van der Waals surface area contributed by atoms with Crippen LogP contribution >= 0.6 is 43.5 Å². The summed E-state index contributed by atoms with van der Waals surface area (Å²) in [6.07, 6.45) is 0. The molecule has 0 rings (SSSR count). The molecule has 0 saturated carbocycles. The highest BCUT2D eigenvalue weighted by Gasteiger charge is 2.23. The average Bonchev–Trinajstić information content (AvgIpc) is 1.31. The van der Waals surface area contributed by atoms with Gasteiger partial charge in [-0.05, 0) is 38.8 Å². The van der Waals surface area contributed by atoms with Gasteiger partial charge < -0.3 is 5.11 Å². The van der Waals surface area contributed by atoms with Gasteiger partial charge in [-0.25, -0.2) is 0 Å². The first-order valence-corrected chi connectivity index (χ1v) is 3.71. The molecule has 1 N–H and O–H groups in total. The number of alkyl halides is 3. The van der Waals surface area contributed by atoms with Gasteiger partial charge in [0.05, 0.1) is 5.38 Å². The summed E-state index contributed by atoms with van der Waals surface area (Å²) in [4.78, 5) is 0. The van der Waals surface area contributed by atoms with Crippen LogP contribution in [0.25, 0.3) is 0 Å². The Balaban J connectivity index is 3.54. The van der Waals surface area contributed by atoms with Gasteiger partial charge in [0.1, 0.15) is 0 Å². The third-order valence-corrected chi connectivity index (χ3v) is 2.70. The zero-order chi connectivity index (χ0) is 6.08. The fourth-order valence-corrected chi connectivity index (χ4v) is 0. The van der Waals surface area contributed by atoms with Crippen LogP contribution in [-0.4, -0.2) is 13.9 Å². The van der Waals surface area contributed by atoms with E-state index in [1.54, 1.807) is 6.92 Å². The molecule has 0 heterocycles. The molecule has 0 aliphatic rings. The van der Waals surface area contributed by atoms with Gasteiger partial charge in [0.15, 0.2) is 3.42 Å². The van der Waals surface area contributed by atoms with Crippen molar-refractivity contribution in [3.05, 3.63) is 0 Å². The molecular weight excluding hydrogens is 247 g/mol. The first-order valence-electron chi connectivity index (χ1n) is 1.69. The molecule has 0 amide bonds. The van der Waals surface area contributed by atoms with Crippen LogP contribution in [0.3, 0.4) is 0 Å². The van der Waals surface area contributed by atoms with Crippen molar-refractivity contribution in [2.45, 2.75) is 15.7 Å². The molecule has 0 bridgehead atoms. The predicted molar refractivity (Wildman–Crippen MR) is 38.1 cm³/mol. The summed E-state index contributed by atoms with van der Waals surface area (Å²) in [7, 11) is 0. The van der Waals surface area contributed by atoms with Crippen molar-refractivity contribution in [2.24, 2.45) is 0 Å². The van der Waals surface area contributed by atoms with E-state index in [1.807, 2.05) is 0 Å². The molecular formula is C3H5Br2ClO. The fraction of sp³-hybridized carbons (Fsp3) is 1.00. The van der Waals surface area contributed by atoms with E-state index in [0.29, 0.717) is 0 Å². The highest BCUT2D eigenvalue weighted by molar-refractivity contribution is 9.25. The summed E-state index contributed by atoms with van der Waals surface area (Å²) >= 11 is 11.2. The van der Waals surface area contributed by atoms with Crippen molar-refractivity contribution >= 4 is 43.5 Å². The van der Waals surface area contributed by atoms with E-state index in [9.17, 15) is 0 Å². The predicted octanol–water partition coefficient (Wildman–Crippen LogP) is 2.05. The maximum Gasteiger partial charge on any atom is 0.191 e. The lowest BCUT2D eigenvalue weighted by Gasteiger charge is -2.13. The second-order valence-corrected chi connectivity index (χ2v) is 5.34. The smallest absolute Gasteiger partial charge is 0.191 e. The van der Waals surface area contributed by atoms with E-state index in [4.69, 9.17) is 16.7 Å². The van der Waals surface area contributed by atoms with Gasteiger partial charge in [0, 0.05) is 0 Å². The summed E-state index contributed by atoms with van der Waals surface area (Å²) in [5.41, 5.74) is 0. The van der Waals surface area contributed by atoms with Gasteiger partial charge in [-0.2, -0.15) is 0 Å². The van der Waals surface area contributed by atoms with Crippen LogP contribution in [0.5, 0.6) is 0 Å². The van der Waals surface area contributed by atoms with E-state index in [2.05, 4.69) is 31.9 Å². The van der Waals surface area contributed by atoms with Crippen molar-refractivity contribution in [1.29, 1.82) is 0 Å². The molecule has 0 radical (unpaired) electrons. The van der Waals surface area contributed by atoms with Crippen LogP contribution in [-0.2, 0) is 0 Å². The summed E-state index contributed by atoms with van der Waals surface area (Å²) in [5, 5.41) is 8.46. The third-order valence-electron chi connectivity index (χ3n) is 0.479. The molecule has 1 atom stereocenters. The summed E-state index contributed by atoms with van der Waals surface area (Å²) < 4.78 is -1.11. The zero-order valence-corrected chi connectivity index (χ0v) is 7.59. The quantitative estimate of drug-likeness (QED) is 0.708. The monoisotopic (exact) mass is 250 g/mol. The van der Waals surface area contributed by atoms with E-state index in [-0.39, 0.29) is 5.38 Å². The SMILES string of the molecule is CC(Cl)C(O)(Br)Br. The van der Waals surface area contributed by atoms with Crippen LogP contribution in [0.1, 0.15) is 6.92 Å². The lowest BCUT2D eigenvalue weighted by molar-refractivity contribution is 0.244. The normalized spacial score (nSPS) is 16.7. The van der Waals surface area contributed by atoms with Gasteiger partial charge in [-0.3, -0.25) is 0 Å². The fourth-order valence-electron chi connectivity index (χ4n) is 0. The van der Waals surface area contributed by atoms with Crippen molar-refractivity contribution in [2.75, 3.05) is 0 Å². The Labute approximate surface area is 64.3 Å². The number of hydrogen-bond acceptors (Lipinski definition) is 1. The van der Waals surface area contributed by atoms with Crippen LogP contribution in [0.4, 0.5) is 0 Å². The summed E-state index contributed by atoms with van der Waals surface area (Å²) in [6, 6.07) is 0. The van der Waals surface area contributed by atoms with Crippen LogP contribution in [0.15, 0.2) is 0 Å². The Hall–Kier alpha value is 1.21.